The molecule has 1 atom stereocenters. The first-order valence-corrected chi connectivity index (χ1v) is 8.90. The van der Waals surface area contributed by atoms with E-state index in [1.54, 1.807) is 53.4 Å². The molecule has 25 heavy (non-hydrogen) atoms. The maximum Gasteiger partial charge on any atom is 0.253 e. The third-order valence-corrected chi connectivity index (χ3v) is 4.79. The van der Waals surface area contributed by atoms with Crippen molar-refractivity contribution in [3.63, 3.8) is 0 Å². The molecule has 1 unspecified atom stereocenters. The Balaban J connectivity index is 1.63. The van der Waals surface area contributed by atoms with Gasteiger partial charge in [0.1, 0.15) is 0 Å². The number of anilines is 1. The van der Waals surface area contributed by atoms with Gasteiger partial charge in [-0.25, -0.2) is 0 Å². The molecule has 0 aromatic heterocycles. The van der Waals surface area contributed by atoms with Crippen LogP contribution in [0.15, 0.2) is 48.5 Å². The molecule has 6 heteroatoms. The molecule has 1 aliphatic heterocycles. The number of hydrogen-bond acceptors (Lipinski definition) is 2. The molecular formula is C19H18Cl2N2O2. The van der Waals surface area contributed by atoms with Gasteiger partial charge in [0, 0.05) is 34.4 Å². The molecule has 4 nitrogen and oxygen atoms in total. The minimum atomic E-state index is -0.222. The summed E-state index contributed by atoms with van der Waals surface area (Å²) in [7, 11) is 0. The Morgan fingerprint density at radius 2 is 1.56 bits per heavy atom. The predicted octanol–water partition coefficient (Wildman–Crippen LogP) is 4.48. The summed E-state index contributed by atoms with van der Waals surface area (Å²) in [5, 5.41) is 4.11. The highest BCUT2D eigenvalue weighted by Gasteiger charge is 2.29. The monoisotopic (exact) mass is 376 g/mol. The maximum absolute atomic E-state index is 12.6. The van der Waals surface area contributed by atoms with Crippen molar-refractivity contribution in [3.8, 4) is 0 Å². The molecule has 0 radical (unpaired) electrons. The average Bonchev–Trinajstić information content (AvgIpc) is 2.64. The SMILES string of the molecule is O=C(Nc1ccc(Cl)cc1)C1CCCN(C(=O)c2ccc(Cl)cc2)C1. The van der Waals surface area contributed by atoms with Crippen LogP contribution >= 0.6 is 23.2 Å². The zero-order valence-corrected chi connectivity index (χ0v) is 15.1. The van der Waals surface area contributed by atoms with E-state index in [9.17, 15) is 9.59 Å². The van der Waals surface area contributed by atoms with E-state index in [2.05, 4.69) is 5.32 Å². The highest BCUT2D eigenvalue weighted by Crippen LogP contribution is 2.22. The van der Waals surface area contributed by atoms with Crippen LogP contribution in [0.5, 0.6) is 0 Å². The van der Waals surface area contributed by atoms with Crippen LogP contribution in [-0.4, -0.2) is 29.8 Å². The summed E-state index contributed by atoms with van der Waals surface area (Å²) >= 11 is 11.7. The fraction of sp³-hybridized carbons (Fsp3) is 0.263. The van der Waals surface area contributed by atoms with E-state index in [4.69, 9.17) is 23.2 Å². The molecule has 0 spiro atoms. The number of nitrogens with one attached hydrogen (secondary N) is 1. The number of hydrogen-bond donors (Lipinski definition) is 1. The van der Waals surface area contributed by atoms with Crippen molar-refractivity contribution >= 4 is 40.7 Å². The highest BCUT2D eigenvalue weighted by atomic mass is 35.5. The van der Waals surface area contributed by atoms with Gasteiger partial charge in [0.15, 0.2) is 0 Å². The first-order valence-electron chi connectivity index (χ1n) is 8.14. The molecule has 1 saturated heterocycles. The van der Waals surface area contributed by atoms with Gasteiger partial charge in [-0.05, 0) is 61.4 Å². The van der Waals surface area contributed by atoms with Crippen LogP contribution in [0.4, 0.5) is 5.69 Å². The highest BCUT2D eigenvalue weighted by molar-refractivity contribution is 6.31. The molecule has 130 valence electrons. The molecule has 3 rings (SSSR count). The summed E-state index contributed by atoms with van der Waals surface area (Å²) in [6.07, 6.45) is 1.57. The number of carbonyl (C=O) groups is 2. The fourth-order valence-corrected chi connectivity index (χ4v) is 3.18. The van der Waals surface area contributed by atoms with Crippen molar-refractivity contribution < 1.29 is 9.59 Å². The van der Waals surface area contributed by atoms with E-state index in [-0.39, 0.29) is 17.7 Å². The third-order valence-electron chi connectivity index (χ3n) is 4.28. The van der Waals surface area contributed by atoms with E-state index < -0.39 is 0 Å². The lowest BCUT2D eigenvalue weighted by Gasteiger charge is -2.32. The minimum absolute atomic E-state index is 0.0688. The van der Waals surface area contributed by atoms with E-state index in [1.807, 2.05) is 0 Å². The first kappa shape index (κ1) is 17.8. The van der Waals surface area contributed by atoms with Crippen molar-refractivity contribution in [1.82, 2.24) is 4.90 Å². The van der Waals surface area contributed by atoms with Crippen LogP contribution in [0.1, 0.15) is 23.2 Å². The largest absolute Gasteiger partial charge is 0.338 e. The van der Waals surface area contributed by atoms with Gasteiger partial charge in [-0.15, -0.1) is 0 Å². The van der Waals surface area contributed by atoms with E-state index >= 15 is 0 Å². The van der Waals surface area contributed by atoms with Crippen LogP contribution in [0.2, 0.25) is 10.0 Å². The second kappa shape index (κ2) is 7.89. The molecule has 2 aromatic carbocycles. The van der Waals surface area contributed by atoms with Crippen molar-refractivity contribution in [2.24, 2.45) is 5.92 Å². The number of benzene rings is 2. The zero-order chi connectivity index (χ0) is 17.8. The number of likely N-dealkylation sites (tertiary alicyclic amines) is 1. The van der Waals surface area contributed by atoms with Crippen LogP contribution in [0.3, 0.4) is 0 Å². The standard InChI is InChI=1S/C19H18Cl2N2O2/c20-15-5-3-13(4-6-15)19(25)23-11-1-2-14(12-23)18(24)22-17-9-7-16(21)8-10-17/h3-10,14H,1-2,11-12H2,(H,22,24). The summed E-state index contributed by atoms with van der Waals surface area (Å²) < 4.78 is 0. The van der Waals surface area contributed by atoms with Crippen molar-refractivity contribution in [1.29, 1.82) is 0 Å². The molecule has 0 aliphatic carbocycles. The summed E-state index contributed by atoms with van der Waals surface area (Å²) in [5.41, 5.74) is 1.29. The molecular weight excluding hydrogens is 359 g/mol. The molecule has 2 aromatic rings. The molecule has 2 amide bonds. The lowest BCUT2D eigenvalue weighted by atomic mass is 9.96. The Morgan fingerprint density at radius 3 is 2.20 bits per heavy atom. The molecule has 1 N–H and O–H groups in total. The zero-order valence-electron chi connectivity index (χ0n) is 13.5. The van der Waals surface area contributed by atoms with Crippen molar-refractivity contribution in [2.45, 2.75) is 12.8 Å². The van der Waals surface area contributed by atoms with E-state index in [0.29, 0.717) is 34.4 Å². The van der Waals surface area contributed by atoms with Gasteiger partial charge in [-0.1, -0.05) is 23.2 Å². The van der Waals surface area contributed by atoms with Crippen molar-refractivity contribution in [2.75, 3.05) is 18.4 Å². The van der Waals surface area contributed by atoms with Gasteiger partial charge in [0.05, 0.1) is 5.92 Å². The third kappa shape index (κ3) is 4.53. The van der Waals surface area contributed by atoms with Crippen LogP contribution in [0, 0.1) is 5.92 Å². The fourth-order valence-electron chi connectivity index (χ4n) is 2.93. The lowest BCUT2D eigenvalue weighted by molar-refractivity contribution is -0.121. The first-order chi connectivity index (χ1) is 12.0. The van der Waals surface area contributed by atoms with E-state index in [1.165, 1.54) is 0 Å². The number of carbonyl (C=O) groups excluding carboxylic acids is 2. The Kier molecular flexibility index (Phi) is 5.61. The summed E-state index contributed by atoms with van der Waals surface area (Å²) in [6.45, 7) is 1.08. The minimum Gasteiger partial charge on any atom is -0.338 e. The molecule has 0 bridgehead atoms. The normalized spacial score (nSPS) is 17.2. The average molecular weight is 377 g/mol. The molecule has 0 saturated carbocycles. The Hall–Kier alpha value is -2.04. The molecule has 1 aliphatic rings. The summed E-state index contributed by atoms with van der Waals surface area (Å²) in [5.74, 6) is -0.364. The summed E-state index contributed by atoms with van der Waals surface area (Å²) in [6, 6.07) is 13.8. The second-order valence-electron chi connectivity index (χ2n) is 6.09. The quantitative estimate of drug-likeness (QED) is 0.857. The maximum atomic E-state index is 12.6. The van der Waals surface area contributed by atoms with Crippen LogP contribution in [-0.2, 0) is 4.79 Å². The topological polar surface area (TPSA) is 49.4 Å². The van der Waals surface area contributed by atoms with E-state index in [0.717, 1.165) is 12.8 Å². The number of nitrogens with zero attached hydrogens (tertiary/aromatic N) is 1. The number of piperidine rings is 1. The Labute approximate surface area is 156 Å². The van der Waals surface area contributed by atoms with Crippen LogP contribution < -0.4 is 5.32 Å². The Morgan fingerprint density at radius 1 is 0.960 bits per heavy atom. The van der Waals surface area contributed by atoms with Crippen LogP contribution in [0.25, 0.3) is 0 Å². The molecule has 1 fully saturated rings. The predicted molar refractivity (Wildman–Crippen MR) is 100 cm³/mol. The number of halogens is 2. The van der Waals surface area contributed by atoms with Gasteiger partial charge in [-0.2, -0.15) is 0 Å². The summed E-state index contributed by atoms with van der Waals surface area (Å²) in [4.78, 5) is 26.8. The van der Waals surface area contributed by atoms with Gasteiger partial charge in [-0.3, -0.25) is 9.59 Å². The number of rotatable bonds is 3. The van der Waals surface area contributed by atoms with Crippen molar-refractivity contribution in [3.05, 3.63) is 64.1 Å². The van der Waals surface area contributed by atoms with Gasteiger partial charge >= 0.3 is 0 Å². The van der Waals surface area contributed by atoms with Gasteiger partial charge in [0.25, 0.3) is 5.91 Å². The number of amides is 2. The lowest BCUT2D eigenvalue weighted by Crippen LogP contribution is -2.43. The molecule has 1 heterocycles. The second-order valence-corrected chi connectivity index (χ2v) is 6.97. The van der Waals surface area contributed by atoms with Gasteiger partial charge in [0.2, 0.25) is 5.91 Å². The van der Waals surface area contributed by atoms with Gasteiger partial charge < -0.3 is 10.2 Å². The Bertz CT molecular complexity index is 760. The smallest absolute Gasteiger partial charge is 0.253 e.